The Kier molecular flexibility index (Phi) is 4.66. The summed E-state index contributed by atoms with van der Waals surface area (Å²) in [6, 6.07) is -0.349. The smallest absolute Gasteiger partial charge is 0.279 e. The third-order valence-electron chi connectivity index (χ3n) is 2.38. The summed E-state index contributed by atoms with van der Waals surface area (Å²) < 4.78 is 27.1. The summed E-state index contributed by atoms with van der Waals surface area (Å²) in [5.74, 6) is -0.127. The predicted molar refractivity (Wildman–Crippen MR) is 59.8 cm³/mol. The summed E-state index contributed by atoms with van der Waals surface area (Å²) in [4.78, 5) is 10.9. The SMILES string of the molecule is CN(CCCN)S(=O)(=O)NC1CNC(=O)C1. The quantitative estimate of drug-likeness (QED) is 0.506. The van der Waals surface area contributed by atoms with Crippen LogP contribution in [0.4, 0.5) is 0 Å². The van der Waals surface area contributed by atoms with E-state index in [9.17, 15) is 13.2 Å². The highest BCUT2D eigenvalue weighted by Gasteiger charge is 2.27. The lowest BCUT2D eigenvalue weighted by molar-refractivity contribution is -0.119. The lowest BCUT2D eigenvalue weighted by Gasteiger charge is -2.19. The van der Waals surface area contributed by atoms with Crippen LogP contribution in [0.15, 0.2) is 0 Å². The number of hydrogen-bond acceptors (Lipinski definition) is 4. The van der Waals surface area contributed by atoms with Gasteiger partial charge in [-0.05, 0) is 13.0 Å². The highest BCUT2D eigenvalue weighted by atomic mass is 32.2. The molecule has 0 aromatic heterocycles. The normalized spacial score (nSPS) is 21.4. The maximum absolute atomic E-state index is 11.7. The van der Waals surface area contributed by atoms with Crippen molar-refractivity contribution in [3.05, 3.63) is 0 Å². The van der Waals surface area contributed by atoms with Gasteiger partial charge < -0.3 is 11.1 Å². The first kappa shape index (κ1) is 13.4. The molecule has 0 radical (unpaired) electrons. The van der Waals surface area contributed by atoms with Crippen molar-refractivity contribution >= 4 is 16.1 Å². The summed E-state index contributed by atoms with van der Waals surface area (Å²) >= 11 is 0. The maximum Gasteiger partial charge on any atom is 0.279 e. The van der Waals surface area contributed by atoms with Crippen LogP contribution >= 0.6 is 0 Å². The molecule has 0 saturated carbocycles. The summed E-state index contributed by atoms with van der Waals surface area (Å²) in [7, 11) is -2.02. The number of nitrogens with two attached hydrogens (primary N) is 1. The molecular formula is C8H18N4O3S. The van der Waals surface area contributed by atoms with Crippen molar-refractivity contribution < 1.29 is 13.2 Å². The van der Waals surface area contributed by atoms with E-state index < -0.39 is 10.2 Å². The first-order valence-corrected chi connectivity index (χ1v) is 6.60. The highest BCUT2D eigenvalue weighted by Crippen LogP contribution is 2.03. The third kappa shape index (κ3) is 3.71. The van der Waals surface area contributed by atoms with Gasteiger partial charge in [-0.3, -0.25) is 4.79 Å². The second-order valence-electron chi connectivity index (χ2n) is 3.79. The van der Waals surface area contributed by atoms with E-state index in [1.165, 1.54) is 11.4 Å². The van der Waals surface area contributed by atoms with Gasteiger partial charge in [-0.2, -0.15) is 17.4 Å². The topological polar surface area (TPSA) is 105 Å². The monoisotopic (exact) mass is 250 g/mol. The molecule has 16 heavy (non-hydrogen) atoms. The van der Waals surface area contributed by atoms with E-state index in [0.717, 1.165) is 0 Å². The van der Waals surface area contributed by atoms with E-state index in [-0.39, 0.29) is 18.4 Å². The van der Waals surface area contributed by atoms with Crippen molar-refractivity contribution in [2.24, 2.45) is 5.73 Å². The van der Waals surface area contributed by atoms with Crippen LogP contribution in [-0.4, -0.2) is 51.4 Å². The molecule has 94 valence electrons. The van der Waals surface area contributed by atoms with Gasteiger partial charge >= 0.3 is 0 Å². The molecule has 0 aromatic rings. The Bertz CT molecular complexity index is 343. The molecule has 1 rings (SSSR count). The summed E-state index contributed by atoms with van der Waals surface area (Å²) in [5.41, 5.74) is 5.31. The molecule has 1 saturated heterocycles. The summed E-state index contributed by atoms with van der Waals surface area (Å²) in [5, 5.41) is 2.57. The minimum Gasteiger partial charge on any atom is -0.354 e. The zero-order chi connectivity index (χ0) is 12.2. The van der Waals surface area contributed by atoms with Gasteiger partial charge in [0, 0.05) is 32.6 Å². The van der Waals surface area contributed by atoms with Gasteiger partial charge in [0.1, 0.15) is 0 Å². The Morgan fingerprint density at radius 2 is 2.31 bits per heavy atom. The third-order valence-corrected chi connectivity index (χ3v) is 4.01. The number of carbonyl (C=O) groups is 1. The number of rotatable bonds is 6. The van der Waals surface area contributed by atoms with E-state index in [1.54, 1.807) is 0 Å². The summed E-state index contributed by atoms with van der Waals surface area (Å²) in [6.45, 7) is 1.17. The number of nitrogens with zero attached hydrogens (tertiary/aromatic N) is 1. The fraction of sp³-hybridized carbons (Fsp3) is 0.875. The molecular weight excluding hydrogens is 232 g/mol. The number of hydrogen-bond donors (Lipinski definition) is 3. The van der Waals surface area contributed by atoms with Crippen molar-refractivity contribution in [3.8, 4) is 0 Å². The zero-order valence-electron chi connectivity index (χ0n) is 9.27. The highest BCUT2D eigenvalue weighted by molar-refractivity contribution is 7.87. The van der Waals surface area contributed by atoms with Crippen LogP contribution in [-0.2, 0) is 15.0 Å². The van der Waals surface area contributed by atoms with Crippen molar-refractivity contribution in [1.82, 2.24) is 14.3 Å². The molecule has 4 N–H and O–H groups in total. The van der Waals surface area contributed by atoms with Crippen LogP contribution < -0.4 is 15.8 Å². The molecule has 1 unspecified atom stereocenters. The van der Waals surface area contributed by atoms with Crippen LogP contribution in [0.5, 0.6) is 0 Å². The van der Waals surface area contributed by atoms with Crippen molar-refractivity contribution in [3.63, 3.8) is 0 Å². The zero-order valence-corrected chi connectivity index (χ0v) is 10.1. The first-order valence-electron chi connectivity index (χ1n) is 5.16. The van der Waals surface area contributed by atoms with Gasteiger partial charge in [0.05, 0.1) is 0 Å². The van der Waals surface area contributed by atoms with Crippen molar-refractivity contribution in [1.29, 1.82) is 0 Å². The minimum absolute atomic E-state index is 0.127. The van der Waals surface area contributed by atoms with Crippen LogP contribution in [0.2, 0.25) is 0 Å². The van der Waals surface area contributed by atoms with Crippen molar-refractivity contribution in [2.75, 3.05) is 26.7 Å². The number of nitrogens with one attached hydrogen (secondary N) is 2. The molecule has 0 spiro atoms. The molecule has 1 heterocycles. The van der Waals surface area contributed by atoms with Gasteiger partial charge in [-0.1, -0.05) is 0 Å². The molecule has 0 aliphatic carbocycles. The van der Waals surface area contributed by atoms with E-state index >= 15 is 0 Å². The molecule has 7 nitrogen and oxygen atoms in total. The van der Waals surface area contributed by atoms with Crippen molar-refractivity contribution in [2.45, 2.75) is 18.9 Å². The molecule has 1 aliphatic rings. The average molecular weight is 250 g/mol. The van der Waals surface area contributed by atoms with Crippen LogP contribution in [0, 0.1) is 0 Å². The van der Waals surface area contributed by atoms with E-state index in [0.29, 0.717) is 26.1 Å². The lowest BCUT2D eigenvalue weighted by atomic mass is 10.3. The standard InChI is InChI=1S/C8H18N4O3S/c1-12(4-2-3-9)16(14,15)11-7-5-8(13)10-6-7/h7,11H,2-6,9H2,1H3,(H,10,13). The predicted octanol–water partition coefficient (Wildman–Crippen LogP) is -2.01. The molecule has 8 heteroatoms. The van der Waals surface area contributed by atoms with Gasteiger partial charge in [-0.25, -0.2) is 0 Å². The number of carbonyl (C=O) groups excluding carboxylic acids is 1. The van der Waals surface area contributed by atoms with E-state index in [4.69, 9.17) is 5.73 Å². The molecule has 1 atom stereocenters. The van der Waals surface area contributed by atoms with Gasteiger partial charge in [0.25, 0.3) is 10.2 Å². The fourth-order valence-corrected chi connectivity index (χ4v) is 2.56. The van der Waals surface area contributed by atoms with Gasteiger partial charge in [0.15, 0.2) is 0 Å². The Balaban J connectivity index is 2.47. The molecule has 1 fully saturated rings. The van der Waals surface area contributed by atoms with Crippen LogP contribution in [0.25, 0.3) is 0 Å². The van der Waals surface area contributed by atoms with E-state index in [2.05, 4.69) is 10.0 Å². The molecule has 0 bridgehead atoms. The van der Waals surface area contributed by atoms with E-state index in [1.807, 2.05) is 0 Å². The van der Waals surface area contributed by atoms with Gasteiger partial charge in [0.2, 0.25) is 5.91 Å². The first-order chi connectivity index (χ1) is 7.45. The van der Waals surface area contributed by atoms with Crippen LogP contribution in [0.1, 0.15) is 12.8 Å². The second-order valence-corrected chi connectivity index (χ2v) is 5.60. The molecule has 0 aromatic carbocycles. The Morgan fingerprint density at radius 3 is 2.81 bits per heavy atom. The average Bonchev–Trinajstić information content (AvgIpc) is 2.59. The molecule has 1 aliphatic heterocycles. The molecule has 1 amide bonds. The Morgan fingerprint density at radius 1 is 1.62 bits per heavy atom. The largest absolute Gasteiger partial charge is 0.354 e. The van der Waals surface area contributed by atoms with Crippen LogP contribution in [0.3, 0.4) is 0 Å². The number of amides is 1. The minimum atomic E-state index is -3.50. The lowest BCUT2D eigenvalue weighted by Crippen LogP contribution is -2.45. The fourth-order valence-electron chi connectivity index (χ4n) is 1.42. The Labute approximate surface area is 95.5 Å². The van der Waals surface area contributed by atoms with Gasteiger partial charge in [-0.15, -0.1) is 0 Å². The maximum atomic E-state index is 11.7. The Hall–Kier alpha value is -0.700. The summed E-state index contributed by atoms with van der Waals surface area (Å²) in [6.07, 6.45) is 0.809. The second kappa shape index (κ2) is 5.58.